The lowest BCUT2D eigenvalue weighted by Crippen LogP contribution is -2.28. The molecule has 136 valence electrons. The first-order chi connectivity index (χ1) is 12.5. The van der Waals surface area contributed by atoms with Crippen molar-refractivity contribution in [2.24, 2.45) is 10.2 Å². The number of thiocarbonyl (C=S) groups is 1. The maximum absolute atomic E-state index is 5.13. The van der Waals surface area contributed by atoms with E-state index in [0.29, 0.717) is 5.11 Å². The zero-order chi connectivity index (χ0) is 18.9. The molecule has 0 heterocycles. The Balaban J connectivity index is 1.79. The van der Waals surface area contributed by atoms with Crippen molar-refractivity contribution in [1.29, 1.82) is 0 Å². The van der Waals surface area contributed by atoms with Gasteiger partial charge >= 0.3 is 0 Å². The first-order valence-electron chi connectivity index (χ1n) is 8.12. The quantitative estimate of drug-likeness (QED) is 0.466. The minimum Gasteiger partial charge on any atom is -0.378 e. The molecular weight excluding hydrogens is 344 g/mol. The van der Waals surface area contributed by atoms with Gasteiger partial charge in [0.25, 0.3) is 0 Å². The van der Waals surface area contributed by atoms with Gasteiger partial charge in [0.2, 0.25) is 5.11 Å². The molecule has 0 aromatic heterocycles. The van der Waals surface area contributed by atoms with Crippen molar-refractivity contribution >= 4 is 41.1 Å². The highest BCUT2D eigenvalue weighted by atomic mass is 32.1. The van der Waals surface area contributed by atoms with E-state index < -0.39 is 0 Å². The van der Waals surface area contributed by atoms with Crippen LogP contribution < -0.4 is 20.7 Å². The molecule has 0 aliphatic carbocycles. The van der Waals surface area contributed by atoms with Crippen LogP contribution in [0.4, 0.5) is 11.4 Å². The third-order valence-corrected chi connectivity index (χ3v) is 3.76. The zero-order valence-electron chi connectivity index (χ0n) is 15.5. The van der Waals surface area contributed by atoms with E-state index in [1.807, 2.05) is 86.5 Å². The molecule has 2 rings (SSSR count). The van der Waals surface area contributed by atoms with E-state index >= 15 is 0 Å². The number of hydrazone groups is 2. The molecule has 0 bridgehead atoms. The van der Waals surface area contributed by atoms with Crippen LogP contribution in [0.3, 0.4) is 0 Å². The largest absolute Gasteiger partial charge is 0.378 e. The summed E-state index contributed by atoms with van der Waals surface area (Å²) in [5.74, 6) is 0. The second-order valence-electron chi connectivity index (χ2n) is 6.04. The molecule has 2 aromatic carbocycles. The molecule has 0 aliphatic heterocycles. The smallest absolute Gasteiger partial charge is 0.207 e. The number of hydrogen-bond acceptors (Lipinski definition) is 5. The SMILES string of the molecule is CN(C)c1ccc(C=NNC(=S)NN=Cc2ccc(N(C)C)cc2)cc1. The summed E-state index contributed by atoms with van der Waals surface area (Å²) >= 11 is 5.13. The molecule has 2 aromatic rings. The third kappa shape index (κ3) is 6.18. The van der Waals surface area contributed by atoms with E-state index in [9.17, 15) is 0 Å². The van der Waals surface area contributed by atoms with E-state index in [4.69, 9.17) is 12.2 Å². The van der Waals surface area contributed by atoms with E-state index in [1.165, 1.54) is 0 Å². The summed E-state index contributed by atoms with van der Waals surface area (Å²) < 4.78 is 0. The van der Waals surface area contributed by atoms with Crippen molar-refractivity contribution < 1.29 is 0 Å². The lowest BCUT2D eigenvalue weighted by Gasteiger charge is -2.11. The third-order valence-electron chi connectivity index (χ3n) is 3.58. The Hall–Kier alpha value is -2.93. The highest BCUT2D eigenvalue weighted by molar-refractivity contribution is 7.80. The van der Waals surface area contributed by atoms with Crippen LogP contribution in [0.2, 0.25) is 0 Å². The molecule has 0 unspecified atom stereocenters. The van der Waals surface area contributed by atoms with Gasteiger partial charge < -0.3 is 9.80 Å². The molecule has 0 aliphatic rings. The van der Waals surface area contributed by atoms with Gasteiger partial charge in [0, 0.05) is 39.6 Å². The summed E-state index contributed by atoms with van der Waals surface area (Å²) in [6, 6.07) is 16.1. The lowest BCUT2D eigenvalue weighted by molar-refractivity contribution is 0.934. The minimum absolute atomic E-state index is 0.326. The van der Waals surface area contributed by atoms with Gasteiger partial charge in [-0.15, -0.1) is 0 Å². The number of rotatable bonds is 6. The molecule has 0 fully saturated rings. The maximum atomic E-state index is 5.13. The summed E-state index contributed by atoms with van der Waals surface area (Å²) in [6.45, 7) is 0. The molecule has 26 heavy (non-hydrogen) atoms. The van der Waals surface area contributed by atoms with Gasteiger partial charge in [0.1, 0.15) is 0 Å². The predicted octanol–water partition coefficient (Wildman–Crippen LogP) is 2.65. The fourth-order valence-electron chi connectivity index (χ4n) is 2.07. The molecule has 0 spiro atoms. The van der Waals surface area contributed by atoms with Gasteiger partial charge in [-0.3, -0.25) is 10.9 Å². The van der Waals surface area contributed by atoms with Crippen molar-refractivity contribution in [3.05, 3.63) is 59.7 Å². The molecule has 2 N–H and O–H groups in total. The van der Waals surface area contributed by atoms with Gasteiger partial charge in [0.05, 0.1) is 12.4 Å². The highest BCUT2D eigenvalue weighted by Crippen LogP contribution is 2.11. The van der Waals surface area contributed by atoms with Crippen molar-refractivity contribution in [3.63, 3.8) is 0 Å². The lowest BCUT2D eigenvalue weighted by atomic mass is 10.2. The standard InChI is InChI=1S/C19H24N6S/c1-24(2)17-9-5-15(6-10-17)13-20-22-19(26)23-21-14-16-7-11-18(12-8-16)25(3)4/h5-14H,1-4H3,(H2,22,23,26). The van der Waals surface area contributed by atoms with Crippen LogP contribution in [0.1, 0.15) is 11.1 Å². The molecule has 0 saturated carbocycles. The van der Waals surface area contributed by atoms with Crippen LogP contribution in [0.15, 0.2) is 58.7 Å². The number of anilines is 2. The summed E-state index contributed by atoms with van der Waals surface area (Å²) in [6.07, 6.45) is 3.41. The first-order valence-corrected chi connectivity index (χ1v) is 8.53. The normalized spacial score (nSPS) is 10.9. The van der Waals surface area contributed by atoms with Crippen LogP contribution in [0.25, 0.3) is 0 Å². The summed E-state index contributed by atoms with van der Waals surface area (Å²) in [5, 5.41) is 8.53. The number of nitrogens with one attached hydrogen (secondary N) is 2. The Morgan fingerprint density at radius 1 is 0.731 bits per heavy atom. The Labute approximate surface area is 160 Å². The van der Waals surface area contributed by atoms with E-state index in [2.05, 4.69) is 21.1 Å². The number of benzene rings is 2. The van der Waals surface area contributed by atoms with Crippen molar-refractivity contribution in [2.45, 2.75) is 0 Å². The first kappa shape index (κ1) is 19.4. The van der Waals surface area contributed by atoms with Crippen LogP contribution in [-0.2, 0) is 0 Å². The van der Waals surface area contributed by atoms with Gasteiger partial charge in [-0.05, 0) is 47.6 Å². The molecule has 0 radical (unpaired) electrons. The average molecular weight is 369 g/mol. The Bertz CT molecular complexity index is 698. The van der Waals surface area contributed by atoms with Crippen LogP contribution >= 0.6 is 12.2 Å². The number of hydrogen-bond donors (Lipinski definition) is 2. The monoisotopic (exact) mass is 368 g/mol. The predicted molar refractivity (Wildman–Crippen MR) is 116 cm³/mol. The summed E-state index contributed by atoms with van der Waals surface area (Å²) in [5.41, 5.74) is 9.72. The minimum atomic E-state index is 0.326. The van der Waals surface area contributed by atoms with E-state index in [-0.39, 0.29) is 0 Å². The second-order valence-corrected chi connectivity index (χ2v) is 6.45. The van der Waals surface area contributed by atoms with Crippen LogP contribution in [-0.4, -0.2) is 45.7 Å². The van der Waals surface area contributed by atoms with Crippen molar-refractivity contribution in [2.75, 3.05) is 38.0 Å². The zero-order valence-corrected chi connectivity index (χ0v) is 16.3. The van der Waals surface area contributed by atoms with Gasteiger partial charge in [0.15, 0.2) is 0 Å². The molecule has 0 amide bonds. The van der Waals surface area contributed by atoms with Gasteiger partial charge in [-0.2, -0.15) is 10.2 Å². The summed E-state index contributed by atoms with van der Waals surface area (Å²) in [7, 11) is 8.02. The highest BCUT2D eigenvalue weighted by Gasteiger charge is 1.95. The molecule has 6 nitrogen and oxygen atoms in total. The van der Waals surface area contributed by atoms with Crippen LogP contribution in [0, 0.1) is 0 Å². The Morgan fingerprint density at radius 3 is 1.38 bits per heavy atom. The average Bonchev–Trinajstić information content (AvgIpc) is 2.62. The Kier molecular flexibility index (Phi) is 7.11. The fraction of sp³-hybridized carbons (Fsp3) is 0.211. The van der Waals surface area contributed by atoms with Crippen molar-refractivity contribution in [3.8, 4) is 0 Å². The molecule has 7 heteroatoms. The Morgan fingerprint density at radius 2 is 1.08 bits per heavy atom. The summed E-state index contributed by atoms with van der Waals surface area (Å²) in [4.78, 5) is 4.09. The van der Waals surface area contributed by atoms with Gasteiger partial charge in [-0.1, -0.05) is 24.3 Å². The van der Waals surface area contributed by atoms with Gasteiger partial charge in [-0.25, -0.2) is 0 Å². The maximum Gasteiger partial charge on any atom is 0.207 e. The molecule has 0 atom stereocenters. The topological polar surface area (TPSA) is 55.3 Å². The van der Waals surface area contributed by atoms with E-state index in [1.54, 1.807) is 12.4 Å². The molecule has 0 saturated heterocycles. The second kappa shape index (κ2) is 9.53. The van der Waals surface area contributed by atoms with Crippen molar-refractivity contribution in [1.82, 2.24) is 10.9 Å². The number of nitrogens with zero attached hydrogens (tertiary/aromatic N) is 4. The van der Waals surface area contributed by atoms with Crippen LogP contribution in [0.5, 0.6) is 0 Å². The van der Waals surface area contributed by atoms with E-state index in [0.717, 1.165) is 22.5 Å². The fourth-order valence-corrected chi connectivity index (χ4v) is 2.18. The molecular formula is C19H24N6S.